The highest BCUT2D eigenvalue weighted by Crippen LogP contribution is 2.13. The van der Waals surface area contributed by atoms with Crippen LogP contribution in [0.4, 0.5) is 0 Å². The molecule has 16 heavy (non-hydrogen) atoms. The molecule has 0 spiro atoms. The number of halogens is 1. The SMILES string of the molecule is CCOC(=O)Cc1cn2ccc(Br)cc2n1. The van der Waals surface area contributed by atoms with Gasteiger partial charge in [0.2, 0.25) is 0 Å². The molecule has 84 valence electrons. The van der Waals surface area contributed by atoms with Gasteiger partial charge in [-0.05, 0) is 19.1 Å². The lowest BCUT2D eigenvalue weighted by Gasteiger charge is -1.97. The van der Waals surface area contributed by atoms with E-state index in [1.807, 2.05) is 28.9 Å². The summed E-state index contributed by atoms with van der Waals surface area (Å²) >= 11 is 3.37. The van der Waals surface area contributed by atoms with Crippen molar-refractivity contribution in [3.63, 3.8) is 0 Å². The van der Waals surface area contributed by atoms with E-state index in [0.717, 1.165) is 15.8 Å². The number of hydrogen-bond acceptors (Lipinski definition) is 3. The van der Waals surface area contributed by atoms with Gasteiger partial charge in [0.25, 0.3) is 0 Å². The third kappa shape index (κ3) is 2.41. The highest BCUT2D eigenvalue weighted by Gasteiger charge is 2.08. The van der Waals surface area contributed by atoms with E-state index in [1.54, 1.807) is 6.92 Å². The van der Waals surface area contributed by atoms with E-state index in [-0.39, 0.29) is 12.4 Å². The van der Waals surface area contributed by atoms with Gasteiger partial charge in [0.1, 0.15) is 5.65 Å². The maximum absolute atomic E-state index is 11.3. The van der Waals surface area contributed by atoms with E-state index in [1.165, 1.54) is 0 Å². The molecule has 5 heteroatoms. The zero-order valence-corrected chi connectivity index (χ0v) is 10.4. The average molecular weight is 283 g/mol. The molecule has 0 saturated carbocycles. The molecule has 2 heterocycles. The van der Waals surface area contributed by atoms with Crippen LogP contribution in [0.15, 0.2) is 29.0 Å². The first-order valence-electron chi connectivity index (χ1n) is 4.98. The van der Waals surface area contributed by atoms with Crippen LogP contribution >= 0.6 is 15.9 Å². The molecule has 0 aliphatic heterocycles. The van der Waals surface area contributed by atoms with E-state index >= 15 is 0 Å². The van der Waals surface area contributed by atoms with Crippen molar-refractivity contribution in [2.75, 3.05) is 6.61 Å². The van der Waals surface area contributed by atoms with E-state index in [4.69, 9.17) is 4.74 Å². The first-order valence-corrected chi connectivity index (χ1v) is 5.77. The van der Waals surface area contributed by atoms with Gasteiger partial charge in [-0.2, -0.15) is 0 Å². The van der Waals surface area contributed by atoms with Crippen LogP contribution in [0.5, 0.6) is 0 Å². The van der Waals surface area contributed by atoms with Crippen molar-refractivity contribution in [2.24, 2.45) is 0 Å². The minimum absolute atomic E-state index is 0.215. The van der Waals surface area contributed by atoms with Crippen molar-refractivity contribution < 1.29 is 9.53 Å². The second-order valence-electron chi connectivity index (χ2n) is 3.32. The highest BCUT2D eigenvalue weighted by atomic mass is 79.9. The van der Waals surface area contributed by atoms with Crippen LogP contribution in [0.3, 0.4) is 0 Å². The van der Waals surface area contributed by atoms with Gasteiger partial charge in [-0.25, -0.2) is 4.98 Å². The Bertz CT molecular complexity index is 522. The molecule has 0 amide bonds. The lowest BCUT2D eigenvalue weighted by Crippen LogP contribution is -2.07. The van der Waals surface area contributed by atoms with Crippen molar-refractivity contribution in [2.45, 2.75) is 13.3 Å². The highest BCUT2D eigenvalue weighted by molar-refractivity contribution is 9.10. The Morgan fingerprint density at radius 3 is 3.19 bits per heavy atom. The van der Waals surface area contributed by atoms with Crippen LogP contribution in [0.25, 0.3) is 5.65 Å². The number of carbonyl (C=O) groups excluding carboxylic acids is 1. The predicted molar refractivity (Wildman–Crippen MR) is 63.2 cm³/mol. The second kappa shape index (κ2) is 4.65. The molecule has 0 bridgehead atoms. The standard InChI is InChI=1S/C11H11BrN2O2/c1-2-16-11(15)6-9-7-14-4-3-8(12)5-10(14)13-9/h3-5,7H,2,6H2,1H3. The summed E-state index contributed by atoms with van der Waals surface area (Å²) in [5.41, 5.74) is 1.53. The molecule has 0 saturated heterocycles. The number of hydrogen-bond donors (Lipinski definition) is 0. The third-order valence-electron chi connectivity index (χ3n) is 2.10. The fourth-order valence-corrected chi connectivity index (χ4v) is 1.78. The summed E-state index contributed by atoms with van der Waals surface area (Å²) in [6.45, 7) is 2.19. The molecule has 2 aromatic rings. The summed E-state index contributed by atoms with van der Waals surface area (Å²) in [6.07, 6.45) is 3.94. The molecule has 0 aromatic carbocycles. The molecular weight excluding hydrogens is 272 g/mol. The summed E-state index contributed by atoms with van der Waals surface area (Å²) in [7, 11) is 0. The maximum Gasteiger partial charge on any atom is 0.311 e. The van der Waals surface area contributed by atoms with Gasteiger partial charge >= 0.3 is 5.97 Å². The molecule has 0 fully saturated rings. The third-order valence-corrected chi connectivity index (χ3v) is 2.60. The first kappa shape index (κ1) is 11.1. The Hall–Kier alpha value is -1.36. The number of ether oxygens (including phenoxy) is 1. The number of aromatic nitrogens is 2. The molecule has 0 aliphatic rings. The zero-order chi connectivity index (χ0) is 11.5. The lowest BCUT2D eigenvalue weighted by atomic mass is 10.3. The summed E-state index contributed by atoms with van der Waals surface area (Å²) in [4.78, 5) is 15.6. The largest absolute Gasteiger partial charge is 0.466 e. The monoisotopic (exact) mass is 282 g/mol. The van der Waals surface area contributed by atoms with Crippen LogP contribution in [-0.4, -0.2) is 22.0 Å². The number of pyridine rings is 1. The fraction of sp³-hybridized carbons (Fsp3) is 0.273. The molecule has 0 atom stereocenters. The summed E-state index contributed by atoms with van der Waals surface area (Å²) in [5, 5.41) is 0. The average Bonchev–Trinajstić information content (AvgIpc) is 2.59. The van der Waals surface area contributed by atoms with Crippen molar-refractivity contribution in [3.05, 3.63) is 34.7 Å². The number of fused-ring (bicyclic) bond motifs is 1. The number of imidazole rings is 1. The fourth-order valence-electron chi connectivity index (χ4n) is 1.45. The Kier molecular flexibility index (Phi) is 3.24. The molecule has 2 rings (SSSR count). The van der Waals surface area contributed by atoms with E-state index in [9.17, 15) is 4.79 Å². The van der Waals surface area contributed by atoms with E-state index in [0.29, 0.717) is 6.61 Å². The Morgan fingerprint density at radius 2 is 2.44 bits per heavy atom. The molecule has 0 N–H and O–H groups in total. The van der Waals surface area contributed by atoms with Crippen LogP contribution in [0.1, 0.15) is 12.6 Å². The minimum Gasteiger partial charge on any atom is -0.466 e. The van der Waals surface area contributed by atoms with Crippen molar-refractivity contribution in [3.8, 4) is 0 Å². The normalized spacial score (nSPS) is 10.6. The van der Waals surface area contributed by atoms with Crippen molar-refractivity contribution in [1.82, 2.24) is 9.38 Å². The molecule has 0 unspecified atom stereocenters. The quantitative estimate of drug-likeness (QED) is 0.811. The molecule has 4 nitrogen and oxygen atoms in total. The minimum atomic E-state index is -0.245. The van der Waals surface area contributed by atoms with Crippen LogP contribution < -0.4 is 0 Å². The zero-order valence-electron chi connectivity index (χ0n) is 8.81. The van der Waals surface area contributed by atoms with Gasteiger partial charge < -0.3 is 9.14 Å². The Morgan fingerprint density at radius 1 is 1.62 bits per heavy atom. The van der Waals surface area contributed by atoms with Gasteiger partial charge in [0, 0.05) is 16.9 Å². The van der Waals surface area contributed by atoms with Crippen LogP contribution in [-0.2, 0) is 16.0 Å². The Balaban J connectivity index is 2.23. The van der Waals surface area contributed by atoms with Crippen molar-refractivity contribution in [1.29, 1.82) is 0 Å². The maximum atomic E-state index is 11.3. The van der Waals surface area contributed by atoms with Crippen LogP contribution in [0.2, 0.25) is 0 Å². The molecule has 2 aromatic heterocycles. The molecule has 0 radical (unpaired) electrons. The molecule has 0 aliphatic carbocycles. The lowest BCUT2D eigenvalue weighted by molar-refractivity contribution is -0.142. The van der Waals surface area contributed by atoms with Gasteiger partial charge in [0.05, 0.1) is 18.7 Å². The summed E-state index contributed by atoms with van der Waals surface area (Å²) in [6, 6.07) is 3.82. The van der Waals surface area contributed by atoms with Crippen molar-refractivity contribution >= 4 is 27.5 Å². The second-order valence-corrected chi connectivity index (χ2v) is 4.24. The number of nitrogens with zero attached hydrogens (tertiary/aromatic N) is 2. The smallest absolute Gasteiger partial charge is 0.311 e. The first-order chi connectivity index (χ1) is 7.69. The van der Waals surface area contributed by atoms with Gasteiger partial charge in [-0.3, -0.25) is 4.79 Å². The number of esters is 1. The molecular formula is C11H11BrN2O2. The van der Waals surface area contributed by atoms with Gasteiger partial charge in [-0.15, -0.1) is 0 Å². The Labute approximate surface area is 101 Å². The number of carbonyl (C=O) groups is 1. The summed E-state index contributed by atoms with van der Waals surface area (Å²) in [5.74, 6) is -0.245. The van der Waals surface area contributed by atoms with Crippen LogP contribution in [0, 0.1) is 0 Å². The van der Waals surface area contributed by atoms with Gasteiger partial charge in [0.15, 0.2) is 0 Å². The van der Waals surface area contributed by atoms with E-state index in [2.05, 4.69) is 20.9 Å². The van der Waals surface area contributed by atoms with E-state index < -0.39 is 0 Å². The van der Waals surface area contributed by atoms with Gasteiger partial charge in [-0.1, -0.05) is 15.9 Å². The predicted octanol–water partition coefficient (Wildman–Crippen LogP) is 2.20. The summed E-state index contributed by atoms with van der Waals surface area (Å²) < 4.78 is 7.71. The topological polar surface area (TPSA) is 43.6 Å². The number of rotatable bonds is 3.